The molecular formula is C14H20ClN5O2. The molecule has 2 aromatic heterocycles. The first-order valence-electron chi connectivity index (χ1n) is 7.17. The molecule has 1 aliphatic heterocycles. The third-order valence-corrected chi connectivity index (χ3v) is 4.02. The molecule has 3 rings (SSSR count). The number of rotatable bonds is 3. The number of nitrogens with one attached hydrogen (secondary N) is 1. The molecule has 1 aliphatic rings. The van der Waals surface area contributed by atoms with Crippen LogP contribution in [0.15, 0.2) is 29.2 Å². The molecule has 7 nitrogen and oxygen atoms in total. The van der Waals surface area contributed by atoms with Crippen molar-refractivity contribution >= 4 is 24.0 Å². The normalized spacial score (nSPS) is 15.5. The van der Waals surface area contributed by atoms with E-state index in [1.165, 1.54) is 9.08 Å². The van der Waals surface area contributed by atoms with E-state index in [4.69, 9.17) is 0 Å². The Balaban J connectivity index is 0.00000176. The molecule has 0 aliphatic carbocycles. The first kappa shape index (κ1) is 16.5. The van der Waals surface area contributed by atoms with Gasteiger partial charge in [-0.15, -0.1) is 17.5 Å². The standard InChI is InChI=1S/C14H19N5O2.ClH/c1-17(11-5-7-15-8-6-11)13(20)10-19-14(21)18-9-3-2-4-12(18)16-19;/h2-4,9,11,15H,5-8,10H2,1H3;1H. The molecular weight excluding hydrogens is 306 g/mol. The van der Waals surface area contributed by atoms with Gasteiger partial charge in [0.05, 0.1) is 0 Å². The number of pyridine rings is 1. The van der Waals surface area contributed by atoms with E-state index in [-0.39, 0.29) is 36.6 Å². The molecule has 22 heavy (non-hydrogen) atoms. The van der Waals surface area contributed by atoms with Crippen molar-refractivity contribution in [3.8, 4) is 0 Å². The summed E-state index contributed by atoms with van der Waals surface area (Å²) >= 11 is 0. The lowest BCUT2D eigenvalue weighted by atomic mass is 10.1. The Morgan fingerprint density at radius 2 is 2.14 bits per heavy atom. The molecule has 0 atom stereocenters. The van der Waals surface area contributed by atoms with Crippen LogP contribution in [0.3, 0.4) is 0 Å². The smallest absolute Gasteiger partial charge is 0.341 e. The number of hydrogen-bond acceptors (Lipinski definition) is 4. The summed E-state index contributed by atoms with van der Waals surface area (Å²) in [6, 6.07) is 5.57. The summed E-state index contributed by atoms with van der Waals surface area (Å²) in [5.41, 5.74) is 0.275. The Morgan fingerprint density at radius 3 is 2.82 bits per heavy atom. The molecule has 1 N–H and O–H groups in total. The molecule has 1 fully saturated rings. The summed E-state index contributed by atoms with van der Waals surface area (Å²) in [5.74, 6) is -0.0765. The predicted octanol–water partition coefficient (Wildman–Crippen LogP) is 0.128. The van der Waals surface area contributed by atoms with Gasteiger partial charge in [-0.25, -0.2) is 9.48 Å². The number of hydrogen-bond donors (Lipinski definition) is 1. The van der Waals surface area contributed by atoms with E-state index in [0.717, 1.165) is 25.9 Å². The monoisotopic (exact) mass is 325 g/mol. The van der Waals surface area contributed by atoms with E-state index in [2.05, 4.69) is 10.4 Å². The Labute approximate surface area is 134 Å². The van der Waals surface area contributed by atoms with E-state index >= 15 is 0 Å². The fourth-order valence-corrected chi connectivity index (χ4v) is 2.71. The van der Waals surface area contributed by atoms with Crippen LogP contribution in [0, 0.1) is 0 Å². The summed E-state index contributed by atoms with van der Waals surface area (Å²) < 4.78 is 2.67. The van der Waals surface area contributed by atoms with Gasteiger partial charge in [0.15, 0.2) is 5.65 Å². The summed E-state index contributed by atoms with van der Waals surface area (Å²) in [6.45, 7) is 1.84. The zero-order valence-corrected chi connectivity index (χ0v) is 13.3. The van der Waals surface area contributed by atoms with Gasteiger partial charge in [-0.3, -0.25) is 9.20 Å². The highest BCUT2D eigenvalue weighted by molar-refractivity contribution is 5.85. The van der Waals surface area contributed by atoms with E-state index in [9.17, 15) is 9.59 Å². The zero-order valence-electron chi connectivity index (χ0n) is 12.4. The number of fused-ring (bicyclic) bond motifs is 1. The molecule has 3 heterocycles. The number of carbonyl (C=O) groups excluding carboxylic acids is 1. The van der Waals surface area contributed by atoms with E-state index in [1.807, 2.05) is 6.07 Å². The second-order valence-electron chi connectivity index (χ2n) is 5.35. The summed E-state index contributed by atoms with van der Waals surface area (Å²) in [4.78, 5) is 26.2. The highest BCUT2D eigenvalue weighted by Gasteiger charge is 2.22. The maximum Gasteiger partial charge on any atom is 0.350 e. The molecule has 1 amide bonds. The van der Waals surface area contributed by atoms with Crippen molar-refractivity contribution in [3.63, 3.8) is 0 Å². The van der Waals surface area contributed by atoms with Gasteiger partial charge in [-0.1, -0.05) is 6.07 Å². The number of nitrogens with zero attached hydrogens (tertiary/aromatic N) is 4. The van der Waals surface area contributed by atoms with Gasteiger partial charge in [-0.05, 0) is 38.1 Å². The van der Waals surface area contributed by atoms with Gasteiger partial charge >= 0.3 is 5.69 Å². The highest BCUT2D eigenvalue weighted by atomic mass is 35.5. The number of likely N-dealkylation sites (N-methyl/N-ethyl adjacent to an activating group) is 1. The summed E-state index contributed by atoms with van der Waals surface area (Å²) in [6.07, 6.45) is 3.55. The SMILES string of the molecule is CN(C(=O)Cn1nc2ccccn2c1=O)C1CCNCC1.Cl. The van der Waals surface area contributed by atoms with Crippen molar-refractivity contribution in [1.29, 1.82) is 0 Å². The molecule has 2 aromatic rings. The molecule has 0 aromatic carbocycles. The first-order valence-corrected chi connectivity index (χ1v) is 7.17. The maximum absolute atomic E-state index is 12.3. The second kappa shape index (κ2) is 6.93. The lowest BCUT2D eigenvalue weighted by molar-refractivity contribution is -0.133. The van der Waals surface area contributed by atoms with Gasteiger partial charge < -0.3 is 10.2 Å². The number of halogens is 1. The molecule has 8 heteroatoms. The van der Waals surface area contributed by atoms with Crippen LogP contribution in [0.1, 0.15) is 12.8 Å². The van der Waals surface area contributed by atoms with Crippen LogP contribution < -0.4 is 11.0 Å². The minimum atomic E-state index is -0.280. The van der Waals surface area contributed by atoms with E-state index in [1.54, 1.807) is 30.3 Å². The van der Waals surface area contributed by atoms with Crippen molar-refractivity contribution in [2.24, 2.45) is 0 Å². The van der Waals surface area contributed by atoms with Crippen LogP contribution in [-0.2, 0) is 11.3 Å². The molecule has 0 unspecified atom stereocenters. The van der Waals surface area contributed by atoms with E-state index in [0.29, 0.717) is 5.65 Å². The van der Waals surface area contributed by atoms with Gasteiger partial charge in [0.1, 0.15) is 6.54 Å². The lowest BCUT2D eigenvalue weighted by Gasteiger charge is -2.31. The molecule has 1 saturated heterocycles. The Hall–Kier alpha value is -1.86. The highest BCUT2D eigenvalue weighted by Crippen LogP contribution is 2.10. The Morgan fingerprint density at radius 1 is 1.41 bits per heavy atom. The topological polar surface area (TPSA) is 71.6 Å². The molecule has 0 bridgehead atoms. The average molecular weight is 326 g/mol. The number of aromatic nitrogens is 3. The molecule has 0 radical (unpaired) electrons. The number of carbonyl (C=O) groups is 1. The maximum atomic E-state index is 12.3. The van der Waals surface area contributed by atoms with Crippen LogP contribution in [-0.4, -0.2) is 51.2 Å². The van der Waals surface area contributed by atoms with Crippen molar-refractivity contribution < 1.29 is 4.79 Å². The van der Waals surface area contributed by atoms with Gasteiger partial charge in [0.2, 0.25) is 5.91 Å². The number of amides is 1. The molecule has 0 spiro atoms. The zero-order chi connectivity index (χ0) is 14.8. The molecule has 120 valence electrons. The largest absolute Gasteiger partial charge is 0.350 e. The molecule has 0 saturated carbocycles. The predicted molar refractivity (Wildman–Crippen MR) is 85.4 cm³/mol. The van der Waals surface area contributed by atoms with Gasteiger partial charge in [-0.2, -0.15) is 0 Å². The lowest BCUT2D eigenvalue weighted by Crippen LogP contribution is -2.45. The minimum absolute atomic E-state index is 0. The minimum Gasteiger partial charge on any atom is -0.341 e. The summed E-state index contributed by atoms with van der Waals surface area (Å²) in [5, 5.41) is 7.46. The number of piperidine rings is 1. The van der Waals surface area contributed by atoms with E-state index < -0.39 is 0 Å². The van der Waals surface area contributed by atoms with Crippen molar-refractivity contribution in [3.05, 3.63) is 34.9 Å². The second-order valence-corrected chi connectivity index (χ2v) is 5.35. The summed E-state index contributed by atoms with van der Waals surface area (Å²) in [7, 11) is 1.80. The van der Waals surface area contributed by atoms with Crippen molar-refractivity contribution in [2.75, 3.05) is 20.1 Å². The van der Waals surface area contributed by atoms with Gasteiger partial charge in [0.25, 0.3) is 0 Å². The van der Waals surface area contributed by atoms with Crippen LogP contribution in [0.4, 0.5) is 0 Å². The first-order chi connectivity index (χ1) is 10.2. The van der Waals surface area contributed by atoms with Crippen LogP contribution in [0.5, 0.6) is 0 Å². The third kappa shape index (κ3) is 3.15. The van der Waals surface area contributed by atoms with Crippen LogP contribution in [0.2, 0.25) is 0 Å². The quantitative estimate of drug-likeness (QED) is 0.870. The van der Waals surface area contributed by atoms with Gasteiger partial charge in [0, 0.05) is 19.3 Å². The van der Waals surface area contributed by atoms with Crippen LogP contribution >= 0.6 is 12.4 Å². The fourth-order valence-electron chi connectivity index (χ4n) is 2.71. The van der Waals surface area contributed by atoms with Crippen molar-refractivity contribution in [1.82, 2.24) is 24.4 Å². The Bertz CT molecular complexity index is 705. The average Bonchev–Trinajstić information content (AvgIpc) is 2.84. The third-order valence-electron chi connectivity index (χ3n) is 4.02. The fraction of sp³-hybridized carbons (Fsp3) is 0.500. The van der Waals surface area contributed by atoms with Crippen molar-refractivity contribution in [2.45, 2.75) is 25.4 Å². The van der Waals surface area contributed by atoms with Crippen LogP contribution in [0.25, 0.3) is 5.65 Å². The Kier molecular flexibility index (Phi) is 5.20.